The van der Waals surface area contributed by atoms with Gasteiger partial charge < -0.3 is 9.84 Å². The lowest BCUT2D eigenvalue weighted by atomic mass is 10.4. The first-order valence-corrected chi connectivity index (χ1v) is 6.11. The lowest BCUT2D eigenvalue weighted by molar-refractivity contribution is -0.0974. The molecule has 0 bridgehead atoms. The average Bonchev–Trinajstić information content (AvgIpc) is 2.13. The van der Waals surface area contributed by atoms with Crippen LogP contribution in [0.4, 0.5) is 26.3 Å². The first-order chi connectivity index (χ1) is 7.98. The van der Waals surface area contributed by atoms with Gasteiger partial charge in [-0.3, -0.25) is 4.57 Å². The number of allylic oxidation sites excluding steroid dienone is 1. The average molecular weight is 296 g/mol. The van der Waals surface area contributed by atoms with E-state index in [0.717, 1.165) is 5.32 Å². The van der Waals surface area contributed by atoms with Gasteiger partial charge in [0.1, 0.15) is 5.70 Å². The molecule has 1 N–H and O–H groups in total. The molecule has 0 saturated carbocycles. The van der Waals surface area contributed by atoms with Crippen LogP contribution in [0.5, 0.6) is 0 Å². The van der Waals surface area contributed by atoms with E-state index in [-0.39, 0.29) is 12.4 Å². The van der Waals surface area contributed by atoms with Crippen LogP contribution >= 0.6 is 7.52 Å². The highest BCUT2D eigenvalue weighted by molar-refractivity contribution is 7.61. The Hall–Kier alpha value is -1.02. The van der Waals surface area contributed by atoms with E-state index in [0.29, 0.717) is 0 Å². The zero-order valence-electron chi connectivity index (χ0n) is 8.76. The van der Waals surface area contributed by atoms with Gasteiger partial charge in [0, 0.05) is 0 Å². The second-order valence-electron chi connectivity index (χ2n) is 3.09. The summed E-state index contributed by atoms with van der Waals surface area (Å²) in [5.74, 6) is -1.96. The monoisotopic (exact) mass is 296 g/mol. The first-order valence-electron chi connectivity index (χ1n) is 4.47. The molecule has 0 fully saturated rings. The molecule has 0 aromatic heterocycles. The first kappa shape index (κ1) is 15.0. The smallest absolute Gasteiger partial charge is 0.332 e. The number of rotatable bonds is 2. The zero-order valence-corrected chi connectivity index (χ0v) is 9.66. The van der Waals surface area contributed by atoms with E-state index in [1.54, 1.807) is 0 Å². The Morgan fingerprint density at radius 3 is 2.22 bits per heavy atom. The van der Waals surface area contributed by atoms with Gasteiger partial charge in [0.2, 0.25) is 5.84 Å². The Labute approximate surface area is 97.2 Å². The molecule has 1 heterocycles. The number of nitrogens with zero attached hydrogens (tertiary/aromatic N) is 1. The summed E-state index contributed by atoms with van der Waals surface area (Å²) in [7, 11) is -4.50. The summed E-state index contributed by atoms with van der Waals surface area (Å²) in [5.41, 5.74) is -1.80. The SMILES string of the molecule is CCOP1(=O)C=C(C(F)(F)F)NC(C(F)(F)F)=N1. The maximum atomic E-state index is 12.4. The minimum absolute atomic E-state index is 0.0335. The van der Waals surface area contributed by atoms with Crippen molar-refractivity contribution in [2.45, 2.75) is 19.3 Å². The van der Waals surface area contributed by atoms with Gasteiger partial charge in [0.25, 0.3) is 0 Å². The highest BCUT2D eigenvalue weighted by Gasteiger charge is 2.47. The van der Waals surface area contributed by atoms with Crippen LogP contribution in [0.25, 0.3) is 0 Å². The lowest BCUT2D eigenvalue weighted by Crippen LogP contribution is -2.41. The van der Waals surface area contributed by atoms with Gasteiger partial charge in [-0.05, 0) is 6.92 Å². The number of hydrogen-bond donors (Lipinski definition) is 1. The van der Waals surface area contributed by atoms with Crippen molar-refractivity contribution in [2.75, 3.05) is 6.61 Å². The minimum Gasteiger partial charge on any atom is -0.332 e. The molecule has 1 aliphatic rings. The molecule has 0 saturated heterocycles. The van der Waals surface area contributed by atoms with Crippen LogP contribution in [0.3, 0.4) is 0 Å². The van der Waals surface area contributed by atoms with Crippen LogP contribution in [0.1, 0.15) is 6.92 Å². The molecule has 1 atom stereocenters. The molecule has 0 aromatic carbocycles. The fourth-order valence-electron chi connectivity index (χ4n) is 1.04. The molecule has 0 radical (unpaired) electrons. The molecular weight excluding hydrogens is 289 g/mol. The Morgan fingerprint density at radius 2 is 1.83 bits per heavy atom. The molecule has 18 heavy (non-hydrogen) atoms. The van der Waals surface area contributed by atoms with Crippen molar-refractivity contribution >= 4 is 13.4 Å². The van der Waals surface area contributed by atoms with E-state index in [4.69, 9.17) is 0 Å². The van der Waals surface area contributed by atoms with E-state index in [2.05, 4.69) is 9.29 Å². The third-order valence-electron chi connectivity index (χ3n) is 1.67. The number of nitrogens with one attached hydrogen (secondary N) is 1. The number of alkyl halides is 6. The molecule has 1 rings (SSSR count). The molecule has 0 spiro atoms. The molecule has 104 valence electrons. The summed E-state index contributed by atoms with van der Waals surface area (Å²) in [5, 5.41) is 1.06. The van der Waals surface area contributed by atoms with Crippen molar-refractivity contribution in [3.05, 3.63) is 11.5 Å². The summed E-state index contributed by atoms with van der Waals surface area (Å²) < 4.78 is 92.7. The van der Waals surface area contributed by atoms with Crippen molar-refractivity contribution in [3.8, 4) is 0 Å². The number of halogens is 6. The van der Waals surface area contributed by atoms with E-state index in [9.17, 15) is 30.9 Å². The molecule has 0 amide bonds. The summed E-state index contributed by atoms with van der Waals surface area (Å²) >= 11 is 0. The van der Waals surface area contributed by atoms with Crippen LogP contribution in [-0.4, -0.2) is 24.8 Å². The summed E-state index contributed by atoms with van der Waals surface area (Å²) in [4.78, 5) is 0. The Bertz CT molecular complexity index is 404. The van der Waals surface area contributed by atoms with Crippen LogP contribution in [0.2, 0.25) is 0 Å². The summed E-state index contributed by atoms with van der Waals surface area (Å²) in [6.45, 7) is 0.930. The van der Waals surface area contributed by atoms with Gasteiger partial charge in [-0.1, -0.05) is 0 Å². The van der Waals surface area contributed by atoms with Gasteiger partial charge in [-0.25, -0.2) is 0 Å². The highest BCUT2D eigenvalue weighted by atomic mass is 31.2. The predicted molar refractivity (Wildman–Crippen MR) is 50.0 cm³/mol. The van der Waals surface area contributed by atoms with Gasteiger partial charge in [-0.15, -0.1) is 0 Å². The van der Waals surface area contributed by atoms with E-state index < -0.39 is 31.4 Å². The van der Waals surface area contributed by atoms with Crippen molar-refractivity contribution in [2.24, 2.45) is 4.76 Å². The van der Waals surface area contributed by atoms with E-state index in [1.165, 1.54) is 6.92 Å². The van der Waals surface area contributed by atoms with Crippen molar-refractivity contribution in [1.29, 1.82) is 0 Å². The maximum absolute atomic E-state index is 12.4. The topological polar surface area (TPSA) is 50.7 Å². The molecule has 1 aliphatic heterocycles. The second kappa shape index (κ2) is 4.58. The molecule has 1 unspecified atom stereocenters. The van der Waals surface area contributed by atoms with E-state index >= 15 is 0 Å². The predicted octanol–water partition coefficient (Wildman–Crippen LogP) is 3.18. The van der Waals surface area contributed by atoms with Gasteiger partial charge in [0.05, 0.1) is 12.4 Å². The molecule has 0 aromatic rings. The Kier molecular flexibility index (Phi) is 3.83. The minimum atomic E-state index is -5.18. The van der Waals surface area contributed by atoms with Crippen LogP contribution in [0.15, 0.2) is 16.3 Å². The highest BCUT2D eigenvalue weighted by Crippen LogP contribution is 2.54. The van der Waals surface area contributed by atoms with Crippen LogP contribution in [0, 0.1) is 0 Å². The fraction of sp³-hybridized carbons (Fsp3) is 0.571. The summed E-state index contributed by atoms with van der Waals surface area (Å²) in [6, 6.07) is 0. The van der Waals surface area contributed by atoms with Gasteiger partial charge in [-0.2, -0.15) is 31.1 Å². The largest absolute Gasteiger partial charge is 0.449 e. The quantitative estimate of drug-likeness (QED) is 0.629. The zero-order chi connectivity index (χ0) is 14.2. The maximum Gasteiger partial charge on any atom is 0.449 e. The standard InChI is InChI=1S/C7H7F6N2O2P/c1-2-17-18(16)3-4(6(8,9)10)14-5(15-18)7(11,12)13/h3H,2H2,1H3,(H,14,15,16). The third kappa shape index (κ3) is 3.49. The van der Waals surface area contributed by atoms with Crippen molar-refractivity contribution in [3.63, 3.8) is 0 Å². The van der Waals surface area contributed by atoms with Crippen LogP contribution in [-0.2, 0) is 9.09 Å². The Balaban J connectivity index is 3.23. The normalized spacial score (nSPS) is 25.3. The number of amidine groups is 1. The molecule has 11 heteroatoms. The number of hydrogen-bond acceptors (Lipinski definition) is 3. The van der Waals surface area contributed by atoms with E-state index in [1.807, 2.05) is 0 Å². The lowest BCUT2D eigenvalue weighted by Gasteiger charge is -2.23. The van der Waals surface area contributed by atoms with Crippen molar-refractivity contribution in [1.82, 2.24) is 5.32 Å². The second-order valence-corrected chi connectivity index (χ2v) is 4.94. The van der Waals surface area contributed by atoms with Crippen LogP contribution < -0.4 is 5.32 Å². The molecule has 4 nitrogen and oxygen atoms in total. The fourth-order valence-corrected chi connectivity index (χ4v) is 2.58. The van der Waals surface area contributed by atoms with Gasteiger partial charge in [0.15, 0.2) is 0 Å². The van der Waals surface area contributed by atoms with Crippen molar-refractivity contribution < 1.29 is 35.4 Å². The summed E-state index contributed by atoms with van der Waals surface area (Å²) in [6.07, 6.45) is -10.3. The van der Waals surface area contributed by atoms with Gasteiger partial charge >= 0.3 is 19.9 Å². The molecular formula is C7H7F6N2O2P. The molecule has 0 aliphatic carbocycles. The third-order valence-corrected chi connectivity index (χ3v) is 3.36. The Morgan fingerprint density at radius 1 is 1.28 bits per heavy atom.